The summed E-state index contributed by atoms with van der Waals surface area (Å²) < 4.78 is 49.5. The van der Waals surface area contributed by atoms with Gasteiger partial charge in [-0.05, 0) is 50.9 Å². The van der Waals surface area contributed by atoms with E-state index in [1.165, 1.54) is 4.90 Å². The van der Waals surface area contributed by atoms with E-state index < -0.39 is 35.2 Å². The second-order valence-electron chi connectivity index (χ2n) is 13.6. The molecule has 2 unspecified atom stereocenters. The van der Waals surface area contributed by atoms with Gasteiger partial charge < -0.3 is 29.2 Å². The number of fused-ring (bicyclic) bond motifs is 2. The van der Waals surface area contributed by atoms with Crippen molar-refractivity contribution in [1.82, 2.24) is 19.8 Å². The minimum Gasteiger partial charge on any atom is -0.458 e. The molecular weight excluding hydrogens is 643 g/mol. The zero-order valence-corrected chi connectivity index (χ0v) is 27.7. The van der Waals surface area contributed by atoms with Crippen molar-refractivity contribution in [3.05, 3.63) is 76.5 Å². The molecule has 2 saturated carbocycles. The predicted octanol–water partition coefficient (Wildman–Crippen LogP) is 5.76. The van der Waals surface area contributed by atoms with E-state index in [-0.39, 0.29) is 44.5 Å². The molecule has 2 aliphatic carbocycles. The molecule has 0 radical (unpaired) electrons. The first-order valence-corrected chi connectivity index (χ1v) is 16.6. The van der Waals surface area contributed by atoms with Crippen LogP contribution in [0.1, 0.15) is 30.5 Å². The normalized spacial score (nSPS) is 26.1. The lowest BCUT2D eigenvalue weighted by atomic mass is 10.0. The van der Waals surface area contributed by atoms with E-state index in [1.807, 2.05) is 60.3 Å². The van der Waals surface area contributed by atoms with Crippen LogP contribution < -0.4 is 14.5 Å². The van der Waals surface area contributed by atoms with E-state index in [2.05, 4.69) is 16.3 Å². The number of anilines is 2. The third-order valence-corrected chi connectivity index (χ3v) is 10.8. The van der Waals surface area contributed by atoms with Gasteiger partial charge in [0.1, 0.15) is 18.0 Å². The number of nitrogens with zero attached hydrogens (tertiary/aromatic N) is 7. The van der Waals surface area contributed by atoms with E-state index in [0.29, 0.717) is 43.3 Å². The summed E-state index contributed by atoms with van der Waals surface area (Å²) >= 11 is 6.69. The number of piperazine rings is 1. The zero-order valence-electron chi connectivity index (χ0n) is 26.9. The van der Waals surface area contributed by atoms with Gasteiger partial charge >= 0.3 is 6.01 Å². The van der Waals surface area contributed by atoms with Gasteiger partial charge in [0.2, 0.25) is 6.54 Å². The minimum atomic E-state index is -2.71. The molecule has 4 aliphatic rings. The molecule has 3 aromatic rings. The molecule has 9 nitrogen and oxygen atoms in total. The number of aromatic nitrogens is 2. The van der Waals surface area contributed by atoms with Gasteiger partial charge in [-0.3, -0.25) is 4.79 Å². The lowest BCUT2D eigenvalue weighted by molar-refractivity contribution is -0.131. The maximum absolute atomic E-state index is 14.5. The van der Waals surface area contributed by atoms with E-state index in [4.69, 9.17) is 32.9 Å². The first-order chi connectivity index (χ1) is 22.9. The highest BCUT2D eigenvalue weighted by Crippen LogP contribution is 2.69. The lowest BCUT2D eigenvalue weighted by Crippen LogP contribution is -2.57. The highest BCUT2D eigenvalue weighted by Gasteiger charge is 2.75. The van der Waals surface area contributed by atoms with Crippen molar-refractivity contribution in [2.75, 3.05) is 56.6 Å². The van der Waals surface area contributed by atoms with Crippen molar-refractivity contribution >= 4 is 39.8 Å². The summed E-state index contributed by atoms with van der Waals surface area (Å²) in [7, 11) is 3.74. The molecule has 13 heteroatoms. The van der Waals surface area contributed by atoms with Gasteiger partial charge in [-0.15, -0.1) is 0 Å². The maximum atomic E-state index is 14.5. The number of likely N-dealkylation sites (N-methyl/N-ethyl adjacent to an activating group) is 1. The topological polar surface area (TPSA) is 69.4 Å². The summed E-state index contributed by atoms with van der Waals surface area (Å²) in [5, 5.41) is 2.62. The fourth-order valence-electron chi connectivity index (χ4n) is 7.91. The van der Waals surface area contributed by atoms with Crippen LogP contribution in [0.5, 0.6) is 6.01 Å². The van der Waals surface area contributed by atoms with Crippen molar-refractivity contribution in [2.24, 2.45) is 5.41 Å². The molecule has 1 amide bonds. The molecule has 1 aromatic heterocycles. The van der Waals surface area contributed by atoms with Gasteiger partial charge in [-0.25, -0.2) is 19.7 Å². The Kier molecular flexibility index (Phi) is 8.19. The van der Waals surface area contributed by atoms with Crippen LogP contribution in [0.3, 0.4) is 0 Å². The maximum Gasteiger partial charge on any atom is 0.319 e. The average molecular weight is 680 g/mol. The number of ether oxygens (including phenoxy) is 1. The largest absolute Gasteiger partial charge is 0.458 e. The number of halogens is 4. The van der Waals surface area contributed by atoms with Gasteiger partial charge in [0.05, 0.1) is 17.3 Å². The Hall–Kier alpha value is -4.08. The molecule has 3 heterocycles. The number of rotatable bonds is 7. The van der Waals surface area contributed by atoms with Crippen molar-refractivity contribution in [3.8, 4) is 6.01 Å². The second kappa shape index (κ2) is 12.1. The fourth-order valence-corrected chi connectivity index (χ4v) is 8.19. The van der Waals surface area contributed by atoms with Crippen LogP contribution in [-0.4, -0.2) is 96.6 Å². The summed E-state index contributed by atoms with van der Waals surface area (Å²) in [6, 6.07) is 11.2. The lowest BCUT2D eigenvalue weighted by Gasteiger charge is -2.41. The summed E-state index contributed by atoms with van der Waals surface area (Å²) in [5.74, 6) is -3.96. The van der Waals surface area contributed by atoms with Crippen LogP contribution in [0.15, 0.2) is 48.8 Å². The smallest absolute Gasteiger partial charge is 0.319 e. The second-order valence-corrected chi connectivity index (χ2v) is 14.0. The Morgan fingerprint density at radius 3 is 2.58 bits per heavy atom. The number of carbonyl (C=O) groups excluding carboxylic acids is 1. The Morgan fingerprint density at radius 2 is 1.90 bits per heavy atom. The number of carbonyl (C=O) groups is 1. The van der Waals surface area contributed by atoms with Gasteiger partial charge in [0.25, 0.3) is 11.8 Å². The SMILES string of the molecule is [C-]#[N+]CC1CN(c2nc(O[C@@H]3CC4(C[C@H]3N(C)C)CC4(F)F)nc3c2CCN(c2cccc4cccc(Cl)c24)C3)CCN1C(=O)C(=C)F. The van der Waals surface area contributed by atoms with E-state index in [0.717, 1.165) is 27.7 Å². The van der Waals surface area contributed by atoms with E-state index in [9.17, 15) is 18.0 Å². The number of alkyl halides is 2. The molecule has 0 bridgehead atoms. The van der Waals surface area contributed by atoms with Crippen molar-refractivity contribution < 1.29 is 22.7 Å². The molecule has 2 aliphatic heterocycles. The standard InChI is InChI=1S/C35H37ClF3N7O2/c1-21(37)32(47)46-14-13-45(18-23(46)17-40-2)31-24-11-12-44(27-10-6-8-22-7-5-9-25(36)30(22)27)19-26(24)41-33(42-31)48-29-16-34(20-35(34,38)39)15-28(29)43(3)4/h5-10,23,28-29H,1,11-20H2,3-4H3/t23?,28-,29-,34?/m1/s1. The number of hydrogen-bond acceptors (Lipinski definition) is 7. The van der Waals surface area contributed by atoms with Gasteiger partial charge in [0, 0.05) is 60.7 Å². The zero-order chi connectivity index (χ0) is 34.0. The molecule has 48 heavy (non-hydrogen) atoms. The first kappa shape index (κ1) is 32.5. The molecular formula is C35H37ClF3N7O2. The van der Waals surface area contributed by atoms with Crippen LogP contribution in [0.25, 0.3) is 15.6 Å². The van der Waals surface area contributed by atoms with Gasteiger partial charge in [-0.2, -0.15) is 9.97 Å². The monoisotopic (exact) mass is 679 g/mol. The summed E-state index contributed by atoms with van der Waals surface area (Å²) in [6.45, 7) is 12.5. The molecule has 2 aromatic carbocycles. The minimum absolute atomic E-state index is 0.00927. The first-order valence-electron chi connectivity index (χ1n) is 16.2. The summed E-state index contributed by atoms with van der Waals surface area (Å²) in [4.78, 5) is 33.5. The van der Waals surface area contributed by atoms with E-state index in [1.54, 1.807) is 0 Å². The molecule has 252 valence electrons. The Bertz CT molecular complexity index is 1830. The molecule has 1 spiro atoms. The molecule has 4 atom stereocenters. The highest BCUT2D eigenvalue weighted by molar-refractivity contribution is 6.36. The third-order valence-electron chi connectivity index (χ3n) is 10.5. The van der Waals surface area contributed by atoms with Crippen molar-refractivity contribution in [2.45, 2.75) is 56.3 Å². The third kappa shape index (κ3) is 5.60. The average Bonchev–Trinajstić information content (AvgIpc) is 3.38. The summed E-state index contributed by atoms with van der Waals surface area (Å²) in [6.07, 6.45) is 0.466. The van der Waals surface area contributed by atoms with Crippen LogP contribution in [0, 0.1) is 12.0 Å². The quantitative estimate of drug-likeness (QED) is 0.232. The number of benzene rings is 2. The van der Waals surface area contributed by atoms with Crippen LogP contribution >= 0.6 is 11.6 Å². The van der Waals surface area contributed by atoms with Gasteiger partial charge in [0.15, 0.2) is 5.83 Å². The van der Waals surface area contributed by atoms with Gasteiger partial charge in [-0.1, -0.05) is 42.4 Å². The Balaban J connectivity index is 1.25. The molecule has 1 saturated heterocycles. The van der Waals surface area contributed by atoms with Crippen LogP contribution in [-0.2, 0) is 17.8 Å². The fraction of sp³-hybridized carbons (Fsp3) is 0.486. The Morgan fingerprint density at radius 1 is 1.15 bits per heavy atom. The molecule has 3 fully saturated rings. The van der Waals surface area contributed by atoms with E-state index >= 15 is 0 Å². The van der Waals surface area contributed by atoms with Crippen LogP contribution in [0.2, 0.25) is 5.02 Å². The number of hydrogen-bond donors (Lipinski definition) is 0. The van der Waals surface area contributed by atoms with Crippen molar-refractivity contribution in [3.63, 3.8) is 0 Å². The molecule has 7 rings (SSSR count). The molecule has 0 N–H and O–H groups in total. The predicted molar refractivity (Wildman–Crippen MR) is 178 cm³/mol. The number of amides is 1. The Labute approximate surface area is 282 Å². The summed E-state index contributed by atoms with van der Waals surface area (Å²) in [5.41, 5.74) is 1.57. The van der Waals surface area contributed by atoms with Crippen molar-refractivity contribution in [1.29, 1.82) is 0 Å². The highest BCUT2D eigenvalue weighted by atomic mass is 35.5. The van der Waals surface area contributed by atoms with Crippen LogP contribution in [0.4, 0.5) is 24.7 Å².